The highest BCUT2D eigenvalue weighted by atomic mass is 79.9. The highest BCUT2D eigenvalue weighted by Crippen LogP contribution is 2.19. The number of halogens is 1. The standard InChI is InChI=1S/C11H15BrN2O/c1-2-10(14-11(15)7-13)8-3-5-9(12)6-4-8/h3-6,10H,2,7,13H2,1H3,(H,14,15). The third-order valence-corrected chi connectivity index (χ3v) is 2.73. The summed E-state index contributed by atoms with van der Waals surface area (Å²) in [6.07, 6.45) is 0.855. The smallest absolute Gasteiger partial charge is 0.234 e. The summed E-state index contributed by atoms with van der Waals surface area (Å²) < 4.78 is 1.03. The van der Waals surface area contributed by atoms with E-state index in [0.717, 1.165) is 16.5 Å². The maximum absolute atomic E-state index is 11.2. The van der Waals surface area contributed by atoms with Crippen LogP contribution in [0.1, 0.15) is 24.9 Å². The van der Waals surface area contributed by atoms with Crippen LogP contribution in [0.4, 0.5) is 0 Å². The lowest BCUT2D eigenvalue weighted by atomic mass is 10.0. The zero-order chi connectivity index (χ0) is 11.3. The Morgan fingerprint density at radius 3 is 2.53 bits per heavy atom. The first-order valence-electron chi connectivity index (χ1n) is 4.92. The van der Waals surface area contributed by atoms with Crippen molar-refractivity contribution in [3.05, 3.63) is 34.3 Å². The van der Waals surface area contributed by atoms with Crippen LogP contribution in [0.2, 0.25) is 0 Å². The maximum Gasteiger partial charge on any atom is 0.234 e. The van der Waals surface area contributed by atoms with Gasteiger partial charge in [0, 0.05) is 4.47 Å². The van der Waals surface area contributed by atoms with Gasteiger partial charge in [-0.05, 0) is 24.1 Å². The highest BCUT2D eigenvalue weighted by Gasteiger charge is 2.10. The Hall–Kier alpha value is -0.870. The van der Waals surface area contributed by atoms with Gasteiger partial charge in [0.1, 0.15) is 0 Å². The molecule has 3 nitrogen and oxygen atoms in total. The van der Waals surface area contributed by atoms with Crippen molar-refractivity contribution in [2.24, 2.45) is 5.73 Å². The fourth-order valence-corrected chi connectivity index (χ4v) is 1.63. The Labute approximate surface area is 98.2 Å². The molecular weight excluding hydrogens is 256 g/mol. The second-order valence-corrected chi connectivity index (χ2v) is 4.20. The van der Waals surface area contributed by atoms with E-state index in [4.69, 9.17) is 5.73 Å². The zero-order valence-electron chi connectivity index (χ0n) is 8.66. The van der Waals surface area contributed by atoms with Crippen molar-refractivity contribution in [2.45, 2.75) is 19.4 Å². The second kappa shape index (κ2) is 5.88. The van der Waals surface area contributed by atoms with E-state index < -0.39 is 0 Å². The third-order valence-electron chi connectivity index (χ3n) is 2.20. The van der Waals surface area contributed by atoms with Gasteiger partial charge in [0.15, 0.2) is 0 Å². The number of hydrogen-bond donors (Lipinski definition) is 2. The first kappa shape index (κ1) is 12.2. The lowest BCUT2D eigenvalue weighted by Gasteiger charge is -2.16. The largest absolute Gasteiger partial charge is 0.348 e. The van der Waals surface area contributed by atoms with Crippen LogP contribution in [0.3, 0.4) is 0 Å². The van der Waals surface area contributed by atoms with Crippen molar-refractivity contribution in [2.75, 3.05) is 6.54 Å². The number of amides is 1. The van der Waals surface area contributed by atoms with Crippen LogP contribution in [0.15, 0.2) is 28.7 Å². The van der Waals surface area contributed by atoms with Gasteiger partial charge >= 0.3 is 0 Å². The molecule has 0 saturated carbocycles. The van der Waals surface area contributed by atoms with E-state index >= 15 is 0 Å². The van der Waals surface area contributed by atoms with E-state index in [0.29, 0.717) is 0 Å². The molecule has 1 unspecified atom stereocenters. The number of rotatable bonds is 4. The van der Waals surface area contributed by atoms with Crippen LogP contribution >= 0.6 is 15.9 Å². The van der Waals surface area contributed by atoms with E-state index in [-0.39, 0.29) is 18.5 Å². The molecule has 1 aromatic rings. The minimum atomic E-state index is -0.121. The van der Waals surface area contributed by atoms with Crippen molar-refractivity contribution in [3.63, 3.8) is 0 Å². The molecule has 0 aliphatic heterocycles. The molecule has 1 rings (SSSR count). The molecule has 1 amide bonds. The molecule has 0 aliphatic rings. The SMILES string of the molecule is CCC(NC(=O)CN)c1ccc(Br)cc1. The van der Waals surface area contributed by atoms with Crippen molar-refractivity contribution < 1.29 is 4.79 Å². The number of nitrogens with one attached hydrogen (secondary N) is 1. The van der Waals surface area contributed by atoms with Gasteiger partial charge in [-0.2, -0.15) is 0 Å². The lowest BCUT2D eigenvalue weighted by molar-refractivity contribution is -0.120. The number of benzene rings is 1. The van der Waals surface area contributed by atoms with E-state index in [2.05, 4.69) is 21.2 Å². The number of carbonyl (C=O) groups excluding carboxylic acids is 1. The van der Waals surface area contributed by atoms with Gasteiger partial charge in [-0.15, -0.1) is 0 Å². The first-order chi connectivity index (χ1) is 7.17. The monoisotopic (exact) mass is 270 g/mol. The van der Waals surface area contributed by atoms with Crippen molar-refractivity contribution in [1.29, 1.82) is 0 Å². The van der Waals surface area contributed by atoms with Crippen molar-refractivity contribution in [3.8, 4) is 0 Å². The molecule has 0 saturated heterocycles. The van der Waals surface area contributed by atoms with Crippen LogP contribution in [0, 0.1) is 0 Å². The predicted octanol–water partition coefficient (Wildman–Crippen LogP) is 1.98. The van der Waals surface area contributed by atoms with Crippen molar-refractivity contribution in [1.82, 2.24) is 5.32 Å². The van der Waals surface area contributed by atoms with E-state index in [1.165, 1.54) is 0 Å². The van der Waals surface area contributed by atoms with Gasteiger partial charge in [-0.25, -0.2) is 0 Å². The molecule has 0 radical (unpaired) electrons. The number of carbonyl (C=O) groups is 1. The Balaban J connectivity index is 2.74. The molecule has 0 heterocycles. The lowest BCUT2D eigenvalue weighted by Crippen LogP contribution is -2.33. The summed E-state index contributed by atoms with van der Waals surface area (Å²) in [5.74, 6) is -0.121. The Kier molecular flexibility index (Phi) is 4.78. The van der Waals surface area contributed by atoms with Gasteiger partial charge in [0.05, 0.1) is 12.6 Å². The Bertz CT molecular complexity index is 324. The van der Waals surface area contributed by atoms with E-state index in [1.54, 1.807) is 0 Å². The van der Waals surface area contributed by atoms with E-state index in [1.807, 2.05) is 31.2 Å². The average Bonchev–Trinajstić information content (AvgIpc) is 2.27. The van der Waals surface area contributed by atoms with Crippen LogP contribution in [-0.2, 0) is 4.79 Å². The van der Waals surface area contributed by atoms with Crippen LogP contribution < -0.4 is 11.1 Å². The average molecular weight is 271 g/mol. The van der Waals surface area contributed by atoms with Gasteiger partial charge in [-0.3, -0.25) is 4.79 Å². The summed E-state index contributed by atoms with van der Waals surface area (Å²) in [5, 5.41) is 2.87. The van der Waals surface area contributed by atoms with Crippen LogP contribution in [0.25, 0.3) is 0 Å². The fraction of sp³-hybridized carbons (Fsp3) is 0.364. The first-order valence-corrected chi connectivity index (χ1v) is 5.71. The van der Waals surface area contributed by atoms with Gasteiger partial charge in [0.25, 0.3) is 0 Å². The fourth-order valence-electron chi connectivity index (χ4n) is 1.37. The minimum absolute atomic E-state index is 0.0348. The number of hydrogen-bond acceptors (Lipinski definition) is 2. The van der Waals surface area contributed by atoms with Gasteiger partial charge in [-0.1, -0.05) is 35.0 Å². The molecule has 3 N–H and O–H groups in total. The quantitative estimate of drug-likeness (QED) is 0.879. The summed E-state index contributed by atoms with van der Waals surface area (Å²) in [4.78, 5) is 11.2. The highest BCUT2D eigenvalue weighted by molar-refractivity contribution is 9.10. The molecule has 0 aromatic heterocycles. The summed E-state index contributed by atoms with van der Waals surface area (Å²) >= 11 is 3.37. The Morgan fingerprint density at radius 1 is 1.47 bits per heavy atom. The second-order valence-electron chi connectivity index (χ2n) is 3.28. The molecule has 4 heteroatoms. The van der Waals surface area contributed by atoms with Gasteiger partial charge in [0.2, 0.25) is 5.91 Å². The van der Waals surface area contributed by atoms with Crippen LogP contribution in [0.5, 0.6) is 0 Å². The molecule has 1 aromatic carbocycles. The van der Waals surface area contributed by atoms with Crippen molar-refractivity contribution >= 4 is 21.8 Å². The molecule has 82 valence electrons. The maximum atomic E-state index is 11.2. The molecule has 0 spiro atoms. The summed E-state index contributed by atoms with van der Waals surface area (Å²) in [5.41, 5.74) is 6.36. The molecule has 0 fully saturated rings. The summed E-state index contributed by atoms with van der Waals surface area (Å²) in [6.45, 7) is 2.07. The minimum Gasteiger partial charge on any atom is -0.348 e. The topological polar surface area (TPSA) is 55.1 Å². The molecular formula is C11H15BrN2O. The van der Waals surface area contributed by atoms with E-state index in [9.17, 15) is 4.79 Å². The predicted molar refractivity (Wildman–Crippen MR) is 64.4 cm³/mol. The summed E-state index contributed by atoms with van der Waals surface area (Å²) in [7, 11) is 0. The molecule has 1 atom stereocenters. The molecule has 0 bridgehead atoms. The molecule has 0 aliphatic carbocycles. The third kappa shape index (κ3) is 3.64. The summed E-state index contributed by atoms with van der Waals surface area (Å²) in [6, 6.07) is 7.97. The number of nitrogens with two attached hydrogens (primary N) is 1. The normalized spacial score (nSPS) is 12.2. The zero-order valence-corrected chi connectivity index (χ0v) is 10.3. The van der Waals surface area contributed by atoms with Crippen LogP contribution in [-0.4, -0.2) is 12.5 Å². The molecule has 15 heavy (non-hydrogen) atoms. The Morgan fingerprint density at radius 2 is 2.07 bits per heavy atom. The van der Waals surface area contributed by atoms with Gasteiger partial charge < -0.3 is 11.1 Å².